The van der Waals surface area contributed by atoms with Gasteiger partial charge in [0.2, 0.25) is 0 Å². The first-order valence-corrected chi connectivity index (χ1v) is 10.8. The lowest BCUT2D eigenvalue weighted by atomic mass is 10.2. The molecule has 0 fully saturated rings. The number of hydrogen-bond acceptors (Lipinski definition) is 8. The molecule has 4 rings (SSSR count). The minimum Gasteiger partial charge on any atom is -0.497 e. The Kier molecular flexibility index (Phi) is 5.15. The Morgan fingerprint density at radius 2 is 1.93 bits per heavy atom. The molecule has 0 aliphatic rings. The summed E-state index contributed by atoms with van der Waals surface area (Å²) in [6.45, 7) is 0. The molecule has 0 saturated carbocycles. The lowest BCUT2D eigenvalue weighted by Crippen LogP contribution is -2.00. The number of nitrogens with one attached hydrogen (secondary N) is 1. The molecule has 152 valence electrons. The number of methoxy groups -OCH3 is 1. The van der Waals surface area contributed by atoms with Gasteiger partial charge >= 0.3 is 0 Å². The van der Waals surface area contributed by atoms with E-state index in [1.165, 1.54) is 24.7 Å². The van der Waals surface area contributed by atoms with Gasteiger partial charge in [-0.05, 0) is 29.8 Å². The number of hydrazone groups is 1. The van der Waals surface area contributed by atoms with Gasteiger partial charge in [-0.3, -0.25) is 5.43 Å². The molecule has 9 nitrogen and oxygen atoms in total. The lowest BCUT2D eigenvalue weighted by Gasteiger charge is -2.06. The summed E-state index contributed by atoms with van der Waals surface area (Å²) in [5.74, 6) is 1.22. The van der Waals surface area contributed by atoms with Gasteiger partial charge in [0, 0.05) is 12.3 Å². The maximum Gasteiger partial charge on any atom is 0.175 e. The van der Waals surface area contributed by atoms with Gasteiger partial charge in [0.1, 0.15) is 12.1 Å². The fourth-order valence-electron chi connectivity index (χ4n) is 2.83. The highest BCUT2D eigenvalue weighted by atomic mass is 32.2. The fourth-order valence-corrected chi connectivity index (χ4v) is 3.46. The highest BCUT2D eigenvalue weighted by Gasteiger charge is 2.11. The number of hydrogen-bond donors (Lipinski definition) is 1. The van der Waals surface area contributed by atoms with Crippen molar-refractivity contribution >= 4 is 32.9 Å². The number of ether oxygens (including phenoxy) is 1. The van der Waals surface area contributed by atoms with E-state index in [1.54, 1.807) is 36.3 Å². The highest BCUT2D eigenvalue weighted by molar-refractivity contribution is 7.90. The maximum atomic E-state index is 11.5. The normalized spacial score (nSPS) is 11.8. The molecule has 0 atom stereocenters. The van der Waals surface area contributed by atoms with Crippen molar-refractivity contribution in [3.63, 3.8) is 0 Å². The number of aromatic nitrogens is 4. The van der Waals surface area contributed by atoms with E-state index in [0.29, 0.717) is 16.9 Å². The van der Waals surface area contributed by atoms with Crippen LogP contribution in [-0.4, -0.2) is 47.7 Å². The quantitative estimate of drug-likeness (QED) is 0.376. The van der Waals surface area contributed by atoms with Crippen LogP contribution in [0.15, 0.2) is 71.1 Å². The molecule has 1 N–H and O–H groups in total. The summed E-state index contributed by atoms with van der Waals surface area (Å²) in [7, 11) is -1.62. The summed E-state index contributed by atoms with van der Waals surface area (Å²) in [4.78, 5) is 8.82. The number of fused-ring (bicyclic) bond motifs is 1. The second kappa shape index (κ2) is 7.91. The zero-order chi connectivity index (χ0) is 21.1. The number of sulfone groups is 1. The Hall–Kier alpha value is -3.79. The Labute approximate surface area is 173 Å². The first-order chi connectivity index (χ1) is 14.5. The Morgan fingerprint density at radius 3 is 2.67 bits per heavy atom. The van der Waals surface area contributed by atoms with Crippen molar-refractivity contribution in [2.45, 2.75) is 4.90 Å². The van der Waals surface area contributed by atoms with E-state index in [9.17, 15) is 8.42 Å². The van der Waals surface area contributed by atoms with Gasteiger partial charge in [0.25, 0.3) is 0 Å². The van der Waals surface area contributed by atoms with Crippen LogP contribution < -0.4 is 10.2 Å². The van der Waals surface area contributed by atoms with Gasteiger partial charge in [-0.15, -0.1) is 0 Å². The van der Waals surface area contributed by atoms with Crippen LogP contribution in [0.3, 0.4) is 0 Å². The number of nitrogens with zero attached hydrogens (tertiary/aromatic N) is 5. The minimum atomic E-state index is -3.23. The van der Waals surface area contributed by atoms with Crippen molar-refractivity contribution in [3.05, 3.63) is 66.6 Å². The highest BCUT2D eigenvalue weighted by Crippen LogP contribution is 2.23. The van der Waals surface area contributed by atoms with Gasteiger partial charge < -0.3 is 4.74 Å². The fraction of sp³-hybridized carbons (Fsp3) is 0.100. The monoisotopic (exact) mass is 422 g/mol. The molecule has 0 amide bonds. The smallest absolute Gasteiger partial charge is 0.175 e. The third-order valence-electron chi connectivity index (χ3n) is 4.36. The molecule has 0 bridgehead atoms. The minimum absolute atomic E-state index is 0.259. The molecule has 30 heavy (non-hydrogen) atoms. The van der Waals surface area contributed by atoms with E-state index in [1.807, 2.05) is 24.3 Å². The topological polar surface area (TPSA) is 111 Å². The van der Waals surface area contributed by atoms with Crippen LogP contribution in [0.25, 0.3) is 16.7 Å². The molecule has 0 radical (unpaired) electrons. The van der Waals surface area contributed by atoms with Crippen molar-refractivity contribution in [3.8, 4) is 11.4 Å². The van der Waals surface area contributed by atoms with Crippen LogP contribution >= 0.6 is 0 Å². The number of anilines is 1. The zero-order valence-electron chi connectivity index (χ0n) is 16.2. The molecule has 0 spiro atoms. The second-order valence-electron chi connectivity index (χ2n) is 6.43. The van der Waals surface area contributed by atoms with Gasteiger partial charge in [0.05, 0.1) is 35.5 Å². The first-order valence-electron chi connectivity index (χ1n) is 8.88. The molecule has 0 unspecified atom stereocenters. The van der Waals surface area contributed by atoms with E-state index >= 15 is 0 Å². The molecule has 0 saturated heterocycles. The van der Waals surface area contributed by atoms with E-state index in [4.69, 9.17) is 4.74 Å². The summed E-state index contributed by atoms with van der Waals surface area (Å²) in [6.07, 6.45) is 5.84. The Balaban J connectivity index is 1.58. The maximum absolute atomic E-state index is 11.5. The summed E-state index contributed by atoms with van der Waals surface area (Å²) in [6, 6.07) is 13.9. The average molecular weight is 422 g/mol. The number of rotatable bonds is 6. The van der Waals surface area contributed by atoms with Crippen LogP contribution in [0.2, 0.25) is 0 Å². The SMILES string of the molecule is COc1cccc(-n2ncc3c(N/N=C\c4ccc(S(C)(=O)=O)cc4)ncnc32)c1. The standard InChI is InChI=1S/C20H18N6O3S/c1-29-16-5-3-4-15(10-16)26-20-18(12-24-26)19(21-13-22-20)25-23-11-14-6-8-17(9-7-14)30(2,27)28/h3-13H,1-2H3,(H,21,22,25)/b23-11-. The Morgan fingerprint density at radius 1 is 1.13 bits per heavy atom. The molecule has 10 heteroatoms. The van der Waals surface area contributed by atoms with Gasteiger partial charge in [-0.2, -0.15) is 10.2 Å². The van der Waals surface area contributed by atoms with Crippen molar-refractivity contribution in [2.24, 2.45) is 5.10 Å². The van der Waals surface area contributed by atoms with Crippen LogP contribution in [-0.2, 0) is 9.84 Å². The first kappa shape index (κ1) is 19.5. The largest absolute Gasteiger partial charge is 0.497 e. The van der Waals surface area contributed by atoms with E-state index < -0.39 is 9.84 Å². The second-order valence-corrected chi connectivity index (χ2v) is 8.44. The molecule has 2 heterocycles. The summed E-state index contributed by atoms with van der Waals surface area (Å²) in [5.41, 5.74) is 5.06. The molecule has 2 aromatic carbocycles. The molecular formula is C20H18N6O3S. The zero-order valence-corrected chi connectivity index (χ0v) is 17.0. The predicted octanol–water partition coefficient (Wildman–Crippen LogP) is 2.67. The third kappa shape index (κ3) is 3.98. The molecule has 2 aromatic heterocycles. The van der Waals surface area contributed by atoms with Crippen molar-refractivity contribution < 1.29 is 13.2 Å². The molecule has 0 aliphatic carbocycles. The van der Waals surface area contributed by atoms with Gasteiger partial charge in [0.15, 0.2) is 21.3 Å². The van der Waals surface area contributed by atoms with Crippen LogP contribution in [0.5, 0.6) is 5.75 Å². The summed E-state index contributed by atoms with van der Waals surface area (Å²) >= 11 is 0. The molecule has 4 aromatic rings. The molecular weight excluding hydrogens is 404 g/mol. The van der Waals surface area contributed by atoms with Gasteiger partial charge in [-0.25, -0.2) is 23.1 Å². The predicted molar refractivity (Wildman–Crippen MR) is 114 cm³/mol. The number of benzene rings is 2. The van der Waals surface area contributed by atoms with Crippen molar-refractivity contribution in [1.29, 1.82) is 0 Å². The van der Waals surface area contributed by atoms with Crippen LogP contribution in [0.4, 0.5) is 5.82 Å². The van der Waals surface area contributed by atoms with Crippen molar-refractivity contribution in [1.82, 2.24) is 19.7 Å². The van der Waals surface area contributed by atoms with E-state index in [-0.39, 0.29) is 4.90 Å². The summed E-state index contributed by atoms with van der Waals surface area (Å²) < 4.78 is 30.0. The van der Waals surface area contributed by atoms with E-state index in [0.717, 1.165) is 17.0 Å². The van der Waals surface area contributed by atoms with Crippen LogP contribution in [0, 0.1) is 0 Å². The van der Waals surface area contributed by atoms with Crippen LogP contribution in [0.1, 0.15) is 5.56 Å². The van der Waals surface area contributed by atoms with Gasteiger partial charge in [-0.1, -0.05) is 18.2 Å². The Bertz CT molecular complexity index is 1330. The summed E-state index contributed by atoms with van der Waals surface area (Å²) in [5, 5.41) is 9.30. The average Bonchev–Trinajstić information content (AvgIpc) is 3.18. The van der Waals surface area contributed by atoms with E-state index in [2.05, 4.69) is 25.6 Å². The molecule has 0 aliphatic heterocycles. The van der Waals surface area contributed by atoms with Crippen molar-refractivity contribution in [2.75, 3.05) is 18.8 Å². The third-order valence-corrected chi connectivity index (χ3v) is 5.48. The lowest BCUT2D eigenvalue weighted by molar-refractivity contribution is 0.414.